The first-order valence-electron chi connectivity index (χ1n) is 12.2. The van der Waals surface area contributed by atoms with Crippen molar-refractivity contribution in [3.8, 4) is 17.6 Å². The zero-order valence-electron chi connectivity index (χ0n) is 21.3. The lowest BCUT2D eigenvalue weighted by atomic mass is 9.84. The predicted octanol–water partition coefficient (Wildman–Crippen LogP) is 4.92. The number of rotatable bonds is 9. The number of hydrogen-bond donors (Lipinski definition) is 1. The number of tetrazole rings is 1. The smallest absolute Gasteiger partial charge is 0.323 e. The lowest BCUT2D eigenvalue weighted by molar-refractivity contribution is -0.207. The summed E-state index contributed by atoms with van der Waals surface area (Å²) in [7, 11) is 0. The van der Waals surface area contributed by atoms with Gasteiger partial charge < -0.3 is 9.84 Å². The van der Waals surface area contributed by atoms with E-state index in [4.69, 9.17) is 10.00 Å². The second-order valence-electron chi connectivity index (χ2n) is 9.03. The topological polar surface area (TPSA) is 127 Å². The van der Waals surface area contributed by atoms with Crippen LogP contribution in [0.3, 0.4) is 0 Å². The molecule has 0 fully saturated rings. The van der Waals surface area contributed by atoms with Crippen LogP contribution in [-0.4, -0.2) is 36.1 Å². The van der Waals surface area contributed by atoms with Crippen molar-refractivity contribution in [3.63, 3.8) is 0 Å². The van der Waals surface area contributed by atoms with Gasteiger partial charge in [0.25, 0.3) is 0 Å². The van der Waals surface area contributed by atoms with Crippen molar-refractivity contribution in [1.29, 1.82) is 5.26 Å². The molecule has 2 heterocycles. The van der Waals surface area contributed by atoms with Crippen LogP contribution in [0.5, 0.6) is 11.5 Å². The Morgan fingerprint density at radius 2 is 1.69 bits per heavy atom. The summed E-state index contributed by atoms with van der Waals surface area (Å²) in [6.45, 7) is -1.21. The fourth-order valence-electron chi connectivity index (χ4n) is 4.16. The van der Waals surface area contributed by atoms with E-state index in [0.717, 1.165) is 18.3 Å². The minimum atomic E-state index is -4.35. The Hall–Kier alpha value is -5.48. The maximum absolute atomic E-state index is 16.2. The number of nitriles is 1. The zero-order valence-corrected chi connectivity index (χ0v) is 21.3. The maximum atomic E-state index is 16.2. The van der Waals surface area contributed by atoms with E-state index in [-0.39, 0.29) is 11.3 Å². The van der Waals surface area contributed by atoms with E-state index in [1.54, 1.807) is 18.2 Å². The van der Waals surface area contributed by atoms with E-state index in [0.29, 0.717) is 34.2 Å². The number of halogens is 4. The molecule has 0 radical (unpaired) electrons. The Morgan fingerprint density at radius 3 is 2.33 bits per heavy atom. The summed E-state index contributed by atoms with van der Waals surface area (Å²) >= 11 is 0. The molecule has 0 aliphatic rings. The van der Waals surface area contributed by atoms with Gasteiger partial charge in [-0.2, -0.15) is 14.0 Å². The third kappa shape index (κ3) is 5.30. The molecule has 1 unspecified atom stereocenters. The van der Waals surface area contributed by atoms with Crippen molar-refractivity contribution in [2.75, 3.05) is 0 Å². The molecular formula is C29H18F4N6O3. The summed E-state index contributed by atoms with van der Waals surface area (Å²) in [6.07, 6.45) is 0.963. The average molecular weight is 574 g/mol. The first-order chi connectivity index (χ1) is 20.1. The molecule has 1 atom stereocenters. The Morgan fingerprint density at radius 1 is 0.976 bits per heavy atom. The largest absolute Gasteiger partial charge is 0.456 e. The van der Waals surface area contributed by atoms with Crippen molar-refractivity contribution in [2.24, 2.45) is 0 Å². The van der Waals surface area contributed by atoms with Crippen molar-refractivity contribution in [3.05, 3.63) is 131 Å². The quantitative estimate of drug-likeness (QED) is 0.194. The molecule has 210 valence electrons. The first-order valence-corrected chi connectivity index (χ1v) is 12.2. The van der Waals surface area contributed by atoms with Crippen LogP contribution >= 0.6 is 0 Å². The average Bonchev–Trinajstić information content (AvgIpc) is 3.45. The fourth-order valence-corrected chi connectivity index (χ4v) is 4.16. The molecule has 0 saturated heterocycles. The van der Waals surface area contributed by atoms with Gasteiger partial charge >= 0.3 is 5.92 Å². The molecule has 5 aromatic rings. The summed E-state index contributed by atoms with van der Waals surface area (Å²) in [4.78, 5) is 16.7. The highest BCUT2D eigenvalue weighted by molar-refractivity contribution is 6.06. The number of ketones is 1. The fraction of sp³-hybridized carbons (Fsp3) is 0.103. The Labute approximate surface area is 235 Å². The second-order valence-corrected chi connectivity index (χ2v) is 9.03. The van der Waals surface area contributed by atoms with Crippen molar-refractivity contribution in [2.45, 2.75) is 18.1 Å². The van der Waals surface area contributed by atoms with Gasteiger partial charge in [0.15, 0.2) is 5.60 Å². The van der Waals surface area contributed by atoms with Gasteiger partial charge in [0.2, 0.25) is 11.6 Å². The van der Waals surface area contributed by atoms with E-state index < -0.39 is 52.6 Å². The van der Waals surface area contributed by atoms with E-state index >= 15 is 8.78 Å². The molecule has 0 amide bonds. The minimum Gasteiger partial charge on any atom is -0.456 e. The Kier molecular flexibility index (Phi) is 7.47. The number of nitrogens with zero attached hydrogens (tertiary/aromatic N) is 6. The second kappa shape index (κ2) is 11.2. The normalized spacial score (nSPS) is 12.8. The van der Waals surface area contributed by atoms with Crippen LogP contribution in [-0.2, 0) is 18.1 Å². The predicted molar refractivity (Wildman–Crippen MR) is 137 cm³/mol. The van der Waals surface area contributed by atoms with Crippen molar-refractivity contribution >= 4 is 5.78 Å². The number of pyridine rings is 1. The highest BCUT2D eigenvalue weighted by Crippen LogP contribution is 2.47. The summed E-state index contributed by atoms with van der Waals surface area (Å²) in [6, 6.07) is 19.4. The van der Waals surface area contributed by atoms with Crippen LogP contribution in [0.2, 0.25) is 0 Å². The third-order valence-corrected chi connectivity index (χ3v) is 6.32. The summed E-state index contributed by atoms with van der Waals surface area (Å²) < 4.78 is 67.4. The van der Waals surface area contributed by atoms with Gasteiger partial charge in [-0.05, 0) is 59.0 Å². The van der Waals surface area contributed by atoms with Crippen molar-refractivity contribution < 1.29 is 32.2 Å². The molecule has 13 heteroatoms. The van der Waals surface area contributed by atoms with E-state index in [2.05, 4.69) is 20.5 Å². The van der Waals surface area contributed by atoms with E-state index in [1.807, 2.05) is 6.07 Å². The molecular weight excluding hydrogens is 556 g/mol. The lowest BCUT2D eigenvalue weighted by Gasteiger charge is -2.36. The van der Waals surface area contributed by atoms with Gasteiger partial charge in [-0.25, -0.2) is 13.5 Å². The molecule has 3 aromatic carbocycles. The van der Waals surface area contributed by atoms with Crippen LogP contribution in [0.4, 0.5) is 17.6 Å². The Bertz CT molecular complexity index is 1770. The summed E-state index contributed by atoms with van der Waals surface area (Å²) in [5, 5.41) is 31.1. The first kappa shape index (κ1) is 28.1. The van der Waals surface area contributed by atoms with E-state index in [1.165, 1.54) is 36.4 Å². The molecule has 0 spiro atoms. The number of aromatic nitrogens is 5. The molecule has 5 rings (SSSR count). The van der Waals surface area contributed by atoms with Gasteiger partial charge in [0.05, 0.1) is 24.4 Å². The van der Waals surface area contributed by atoms with Crippen LogP contribution in [0.25, 0.3) is 0 Å². The monoisotopic (exact) mass is 574 g/mol. The van der Waals surface area contributed by atoms with Gasteiger partial charge in [0, 0.05) is 17.2 Å². The van der Waals surface area contributed by atoms with Gasteiger partial charge in [-0.15, -0.1) is 5.10 Å². The standard InChI is InChI=1S/C29H18F4N6O3/c30-20-8-12-23(24(31)14-20)28(41,17-39-27(36-37-38-39)26(40)19-4-2-1-3-5-19)29(32,33)25-13-11-22(16-35-25)42-21-9-6-18(15-34)7-10-21/h1-14,16,41H,17H2. The van der Waals surface area contributed by atoms with Gasteiger partial charge in [0.1, 0.15) is 28.8 Å². The van der Waals surface area contributed by atoms with Crippen LogP contribution in [0.15, 0.2) is 91.1 Å². The highest BCUT2D eigenvalue weighted by atomic mass is 19.3. The molecule has 2 aromatic heterocycles. The van der Waals surface area contributed by atoms with E-state index in [9.17, 15) is 18.7 Å². The maximum Gasteiger partial charge on any atom is 0.323 e. The van der Waals surface area contributed by atoms with Crippen molar-refractivity contribution in [1.82, 2.24) is 25.2 Å². The highest BCUT2D eigenvalue weighted by Gasteiger charge is 2.58. The number of benzene rings is 3. The van der Waals surface area contributed by atoms with Gasteiger partial charge in [-0.1, -0.05) is 30.3 Å². The number of carbonyl (C=O) groups excluding carboxylic acids is 1. The molecule has 0 aliphatic carbocycles. The van der Waals surface area contributed by atoms with Crippen LogP contribution in [0, 0.1) is 23.0 Å². The van der Waals surface area contributed by atoms with Crippen LogP contribution in [0.1, 0.15) is 33.0 Å². The SMILES string of the molecule is N#Cc1ccc(Oc2ccc(C(F)(F)C(O)(Cn3nnnc3C(=O)c3ccccc3)c3ccc(F)cc3F)nc2)cc1. The number of hydrogen-bond acceptors (Lipinski definition) is 8. The number of ether oxygens (including phenoxy) is 1. The molecule has 42 heavy (non-hydrogen) atoms. The van der Waals surface area contributed by atoms with Gasteiger partial charge in [-0.3, -0.25) is 9.78 Å². The molecule has 1 N–H and O–H groups in total. The summed E-state index contributed by atoms with van der Waals surface area (Å²) in [5.41, 5.74) is -4.92. The van der Waals surface area contributed by atoms with Crippen LogP contribution < -0.4 is 4.74 Å². The lowest BCUT2D eigenvalue weighted by Crippen LogP contribution is -2.48. The third-order valence-electron chi connectivity index (χ3n) is 6.32. The Balaban J connectivity index is 1.52. The number of aliphatic hydroxyl groups is 1. The number of carbonyl (C=O) groups is 1. The molecule has 0 aliphatic heterocycles. The minimum absolute atomic E-state index is 0.0481. The molecule has 0 bridgehead atoms. The zero-order chi connectivity index (χ0) is 29.9. The molecule has 9 nitrogen and oxygen atoms in total. The number of alkyl halides is 2. The summed E-state index contributed by atoms with van der Waals surface area (Å²) in [5.74, 6) is -7.78. The molecule has 0 saturated carbocycles.